The summed E-state index contributed by atoms with van der Waals surface area (Å²) in [5.41, 5.74) is 8.43. The highest BCUT2D eigenvalue weighted by Crippen LogP contribution is 2.34. The van der Waals surface area contributed by atoms with Crippen LogP contribution in [0.5, 0.6) is 5.75 Å². The van der Waals surface area contributed by atoms with Gasteiger partial charge in [-0.05, 0) is 23.3 Å². The number of aromatic nitrogens is 3. The third-order valence-corrected chi connectivity index (χ3v) is 5.41. The predicted molar refractivity (Wildman–Crippen MR) is 112 cm³/mol. The number of nitrogen functional groups attached to an aromatic ring is 1. The highest BCUT2D eigenvalue weighted by atomic mass is 32.2. The fourth-order valence-corrected chi connectivity index (χ4v) is 3.80. The number of anilines is 1. The summed E-state index contributed by atoms with van der Waals surface area (Å²) in [6, 6.07) is 17.4. The molecule has 0 radical (unpaired) electrons. The third kappa shape index (κ3) is 4.24. The van der Waals surface area contributed by atoms with Crippen LogP contribution in [0, 0.1) is 0 Å². The molecule has 9 heteroatoms. The van der Waals surface area contributed by atoms with E-state index < -0.39 is 0 Å². The molecule has 3 N–H and O–H groups in total. The van der Waals surface area contributed by atoms with Crippen LogP contribution in [-0.2, 0) is 4.79 Å². The summed E-state index contributed by atoms with van der Waals surface area (Å²) >= 11 is 1.22. The highest BCUT2D eigenvalue weighted by Gasteiger charge is 2.33. The number of nitrogens with two attached hydrogens (primary N) is 1. The van der Waals surface area contributed by atoms with E-state index in [0.717, 1.165) is 22.6 Å². The van der Waals surface area contributed by atoms with E-state index in [2.05, 4.69) is 20.3 Å². The number of carbonyl (C=O) groups is 1. The molecule has 148 valence electrons. The Hall–Kier alpha value is -3.33. The molecule has 29 heavy (non-hydrogen) atoms. The van der Waals surface area contributed by atoms with E-state index in [0.29, 0.717) is 11.6 Å². The number of amides is 1. The number of benzene rings is 2. The van der Waals surface area contributed by atoms with E-state index in [4.69, 9.17) is 10.5 Å². The first-order valence-corrected chi connectivity index (χ1v) is 10.0. The molecule has 2 heterocycles. The Morgan fingerprint density at radius 1 is 1.24 bits per heavy atom. The normalized spacial score (nSPS) is 16.0. The van der Waals surface area contributed by atoms with E-state index in [1.54, 1.807) is 12.1 Å². The van der Waals surface area contributed by atoms with Gasteiger partial charge in [0.2, 0.25) is 11.1 Å². The van der Waals surface area contributed by atoms with Gasteiger partial charge >= 0.3 is 0 Å². The average molecular weight is 408 g/mol. The summed E-state index contributed by atoms with van der Waals surface area (Å²) in [5.74, 6) is 1.04. The maximum atomic E-state index is 13.0. The summed E-state index contributed by atoms with van der Waals surface area (Å²) in [6.45, 7) is 0. The Kier molecular flexibility index (Phi) is 5.48. The van der Waals surface area contributed by atoms with E-state index in [9.17, 15) is 4.79 Å². The number of nitrogens with zero attached hydrogens (tertiary/aromatic N) is 4. The van der Waals surface area contributed by atoms with Gasteiger partial charge in [-0.1, -0.05) is 54.2 Å². The van der Waals surface area contributed by atoms with E-state index in [1.165, 1.54) is 11.8 Å². The maximum Gasteiger partial charge on any atom is 0.253 e. The second-order valence-corrected chi connectivity index (χ2v) is 7.38. The lowest BCUT2D eigenvalue weighted by Crippen LogP contribution is -2.28. The lowest BCUT2D eigenvalue weighted by atomic mass is 9.98. The molecule has 0 bridgehead atoms. The Balaban J connectivity index is 1.57. The van der Waals surface area contributed by atoms with Gasteiger partial charge in [0, 0.05) is 6.42 Å². The zero-order chi connectivity index (χ0) is 20.2. The molecule has 2 aromatic carbocycles. The van der Waals surface area contributed by atoms with Crippen LogP contribution in [0.1, 0.15) is 23.6 Å². The minimum Gasteiger partial charge on any atom is -0.497 e. The molecule has 3 aromatic rings. The number of nitrogens with one attached hydrogen (secondary N) is 1. The molecule has 1 unspecified atom stereocenters. The van der Waals surface area contributed by atoms with Crippen molar-refractivity contribution in [2.45, 2.75) is 17.6 Å². The largest absolute Gasteiger partial charge is 0.497 e. The summed E-state index contributed by atoms with van der Waals surface area (Å²) in [4.78, 5) is 17.0. The van der Waals surface area contributed by atoms with Crippen LogP contribution in [0.2, 0.25) is 0 Å². The van der Waals surface area contributed by atoms with Gasteiger partial charge in [0.15, 0.2) is 0 Å². The molecule has 0 spiro atoms. The molecule has 1 aliphatic heterocycles. The van der Waals surface area contributed by atoms with Gasteiger partial charge in [-0.2, -0.15) is 10.1 Å². The van der Waals surface area contributed by atoms with Crippen molar-refractivity contribution in [1.82, 2.24) is 20.2 Å². The van der Waals surface area contributed by atoms with E-state index >= 15 is 0 Å². The van der Waals surface area contributed by atoms with Crippen molar-refractivity contribution >= 4 is 29.3 Å². The van der Waals surface area contributed by atoms with Crippen molar-refractivity contribution in [2.24, 2.45) is 5.10 Å². The fourth-order valence-electron chi connectivity index (χ4n) is 3.15. The van der Waals surface area contributed by atoms with Gasteiger partial charge in [0.1, 0.15) is 5.75 Å². The second kappa shape index (κ2) is 8.36. The van der Waals surface area contributed by atoms with Crippen molar-refractivity contribution in [1.29, 1.82) is 0 Å². The standard InChI is InChI=1S/C20H20N6O2S/c1-28-15-9-7-14(8-10-15)17-11-16(13-5-3-2-4-6-13)25-26(17)18(27)12-29-20-22-19(21)23-24-20/h2-10,17H,11-12H2,1H3,(H3,21,22,23,24). The van der Waals surface area contributed by atoms with Crippen LogP contribution in [0.4, 0.5) is 5.95 Å². The number of rotatable bonds is 6. The summed E-state index contributed by atoms with van der Waals surface area (Å²) in [5, 5.41) is 13.2. The molecule has 1 aliphatic rings. The van der Waals surface area contributed by atoms with E-state index in [-0.39, 0.29) is 23.7 Å². The van der Waals surface area contributed by atoms with Gasteiger partial charge in [-0.25, -0.2) is 10.1 Å². The minimum atomic E-state index is -0.179. The molecule has 4 rings (SSSR count). The molecular weight excluding hydrogens is 388 g/mol. The Morgan fingerprint density at radius 3 is 2.66 bits per heavy atom. The zero-order valence-corrected chi connectivity index (χ0v) is 16.6. The van der Waals surface area contributed by atoms with Gasteiger partial charge < -0.3 is 10.5 Å². The Bertz CT molecular complexity index is 1020. The lowest BCUT2D eigenvalue weighted by Gasteiger charge is -2.22. The van der Waals surface area contributed by atoms with Crippen molar-refractivity contribution in [2.75, 3.05) is 18.6 Å². The number of carbonyl (C=O) groups excluding carboxylic acids is 1. The maximum absolute atomic E-state index is 13.0. The van der Waals surface area contributed by atoms with E-state index in [1.807, 2.05) is 54.6 Å². The average Bonchev–Trinajstić information content (AvgIpc) is 3.39. The molecule has 1 amide bonds. The molecule has 8 nitrogen and oxygen atoms in total. The Morgan fingerprint density at radius 2 is 2.00 bits per heavy atom. The smallest absolute Gasteiger partial charge is 0.253 e. The van der Waals surface area contributed by atoms with Gasteiger partial charge in [0.05, 0.1) is 24.6 Å². The number of hydrogen-bond donors (Lipinski definition) is 2. The van der Waals surface area contributed by atoms with Gasteiger partial charge in [-0.15, -0.1) is 5.10 Å². The first-order chi connectivity index (χ1) is 14.1. The zero-order valence-electron chi connectivity index (χ0n) is 15.8. The number of ether oxygens (including phenoxy) is 1. The van der Waals surface area contributed by atoms with Crippen LogP contribution < -0.4 is 10.5 Å². The van der Waals surface area contributed by atoms with Crippen molar-refractivity contribution in [3.8, 4) is 5.75 Å². The van der Waals surface area contributed by atoms with Gasteiger partial charge in [-0.3, -0.25) is 4.79 Å². The van der Waals surface area contributed by atoms with Crippen molar-refractivity contribution in [3.63, 3.8) is 0 Å². The molecule has 1 aromatic heterocycles. The number of H-pyrrole nitrogens is 1. The molecule has 0 aliphatic carbocycles. The van der Waals surface area contributed by atoms with Crippen LogP contribution in [-0.4, -0.2) is 44.7 Å². The van der Waals surface area contributed by atoms with Crippen LogP contribution in [0.3, 0.4) is 0 Å². The van der Waals surface area contributed by atoms with Crippen LogP contribution >= 0.6 is 11.8 Å². The molecule has 0 fully saturated rings. The Labute approximate surface area is 172 Å². The number of thioether (sulfide) groups is 1. The number of aromatic amines is 1. The first-order valence-electron chi connectivity index (χ1n) is 9.03. The third-order valence-electron chi connectivity index (χ3n) is 4.58. The summed E-state index contributed by atoms with van der Waals surface area (Å²) in [6.07, 6.45) is 0.639. The fraction of sp³-hybridized carbons (Fsp3) is 0.200. The molecule has 0 saturated heterocycles. The molecule has 0 saturated carbocycles. The summed E-state index contributed by atoms with van der Waals surface area (Å²) < 4.78 is 5.25. The lowest BCUT2D eigenvalue weighted by molar-refractivity contribution is -0.130. The number of hydrogen-bond acceptors (Lipinski definition) is 7. The number of hydrazone groups is 1. The number of methoxy groups -OCH3 is 1. The minimum absolute atomic E-state index is 0.120. The predicted octanol–water partition coefficient (Wildman–Crippen LogP) is 2.87. The van der Waals surface area contributed by atoms with Crippen LogP contribution in [0.15, 0.2) is 64.9 Å². The monoisotopic (exact) mass is 408 g/mol. The molecular formula is C20H20N6O2S. The molecule has 1 atom stereocenters. The first kappa shape index (κ1) is 19.0. The van der Waals surface area contributed by atoms with Crippen LogP contribution in [0.25, 0.3) is 0 Å². The topological polar surface area (TPSA) is 109 Å². The summed E-state index contributed by atoms with van der Waals surface area (Å²) in [7, 11) is 1.63. The second-order valence-electron chi connectivity index (χ2n) is 6.44. The van der Waals surface area contributed by atoms with Crippen molar-refractivity contribution in [3.05, 3.63) is 65.7 Å². The van der Waals surface area contributed by atoms with Gasteiger partial charge in [0.25, 0.3) is 5.91 Å². The van der Waals surface area contributed by atoms with Crippen molar-refractivity contribution < 1.29 is 9.53 Å². The highest BCUT2D eigenvalue weighted by molar-refractivity contribution is 7.99. The SMILES string of the molecule is COc1ccc(C2CC(c3ccccc3)=NN2C(=O)CSc2n[nH]c(N)n2)cc1. The quantitative estimate of drug-likeness (QED) is 0.607.